The fraction of sp³-hybridized carbons (Fsp3) is 0.583. The summed E-state index contributed by atoms with van der Waals surface area (Å²) in [5.41, 5.74) is 1.75. The van der Waals surface area contributed by atoms with Crippen LogP contribution in [0, 0.1) is 0 Å². The molecule has 0 unspecified atom stereocenters. The highest BCUT2D eigenvalue weighted by molar-refractivity contribution is 5.87. The van der Waals surface area contributed by atoms with Gasteiger partial charge in [-0.1, -0.05) is 0 Å². The fourth-order valence-electron chi connectivity index (χ4n) is 2.17. The third kappa shape index (κ3) is 2.28. The molecule has 1 aromatic heterocycles. The smallest absolute Gasteiger partial charge is 0.354 e. The fourth-order valence-corrected chi connectivity index (χ4v) is 2.17. The van der Waals surface area contributed by atoms with Crippen LogP contribution in [0.25, 0.3) is 0 Å². The summed E-state index contributed by atoms with van der Waals surface area (Å²) in [6, 6.07) is 0. The highest BCUT2D eigenvalue weighted by Crippen LogP contribution is 2.19. The maximum absolute atomic E-state index is 11.3. The summed E-state index contributed by atoms with van der Waals surface area (Å²) in [6.45, 7) is 6.94. The molecule has 0 radical (unpaired) electrons. The Morgan fingerprint density at radius 1 is 1.39 bits per heavy atom. The third-order valence-corrected chi connectivity index (χ3v) is 3.17. The minimum absolute atomic E-state index is 0.156. The largest absolute Gasteiger partial charge is 0.476 e. The Hall–Kier alpha value is -1.69. The average molecular weight is 250 g/mol. The summed E-state index contributed by atoms with van der Waals surface area (Å²) in [6.07, 6.45) is 0.676. The van der Waals surface area contributed by atoms with Gasteiger partial charge in [-0.3, -0.25) is 0 Å². The van der Waals surface area contributed by atoms with E-state index in [-0.39, 0.29) is 5.69 Å². The Balaban J connectivity index is 2.50. The zero-order valence-electron chi connectivity index (χ0n) is 10.7. The first-order chi connectivity index (χ1) is 8.67. The number of rotatable bonds is 4. The minimum atomic E-state index is -0.969. The van der Waals surface area contributed by atoms with Crippen LogP contribution in [0.15, 0.2) is 0 Å². The standard InChI is InChI=1S/C12H18N4O2/c1-3-16(4-2)12-14-9-7-13-6-5-8(9)10(15-12)11(17)18/h13H,3-7H2,1-2H3,(H,17,18). The number of aromatic carboxylic acids is 1. The van der Waals surface area contributed by atoms with Gasteiger partial charge in [-0.2, -0.15) is 0 Å². The van der Waals surface area contributed by atoms with Gasteiger partial charge in [0.15, 0.2) is 5.69 Å². The van der Waals surface area contributed by atoms with E-state index >= 15 is 0 Å². The van der Waals surface area contributed by atoms with Crippen molar-refractivity contribution in [2.75, 3.05) is 24.5 Å². The van der Waals surface area contributed by atoms with Crippen molar-refractivity contribution in [3.8, 4) is 0 Å². The van der Waals surface area contributed by atoms with Gasteiger partial charge >= 0.3 is 5.97 Å². The number of carbonyl (C=O) groups is 1. The molecule has 2 heterocycles. The Bertz CT molecular complexity index is 458. The molecule has 0 aliphatic carbocycles. The number of hydrogen-bond acceptors (Lipinski definition) is 5. The molecule has 2 N–H and O–H groups in total. The lowest BCUT2D eigenvalue weighted by Crippen LogP contribution is -2.31. The molecule has 2 rings (SSSR count). The SMILES string of the molecule is CCN(CC)c1nc2c(c(C(=O)O)n1)CCNC2. The molecule has 98 valence electrons. The number of hydrogen-bond donors (Lipinski definition) is 2. The van der Waals surface area contributed by atoms with Crippen LogP contribution >= 0.6 is 0 Å². The number of carboxylic acids is 1. The molecular weight excluding hydrogens is 232 g/mol. The van der Waals surface area contributed by atoms with E-state index in [9.17, 15) is 9.90 Å². The first-order valence-corrected chi connectivity index (χ1v) is 6.26. The van der Waals surface area contributed by atoms with Crippen LogP contribution in [0.4, 0.5) is 5.95 Å². The molecule has 1 aromatic rings. The first-order valence-electron chi connectivity index (χ1n) is 6.26. The van der Waals surface area contributed by atoms with E-state index in [0.29, 0.717) is 18.9 Å². The molecular formula is C12H18N4O2. The molecule has 0 spiro atoms. The van der Waals surface area contributed by atoms with Crippen molar-refractivity contribution in [3.63, 3.8) is 0 Å². The van der Waals surface area contributed by atoms with Crippen molar-refractivity contribution in [1.82, 2.24) is 15.3 Å². The van der Waals surface area contributed by atoms with Crippen LogP contribution in [0.1, 0.15) is 35.6 Å². The van der Waals surface area contributed by atoms with E-state index in [2.05, 4.69) is 15.3 Å². The van der Waals surface area contributed by atoms with Crippen molar-refractivity contribution in [1.29, 1.82) is 0 Å². The van der Waals surface area contributed by atoms with E-state index in [1.807, 2.05) is 18.7 Å². The summed E-state index contributed by atoms with van der Waals surface area (Å²) in [7, 11) is 0. The Morgan fingerprint density at radius 3 is 2.72 bits per heavy atom. The van der Waals surface area contributed by atoms with Crippen molar-refractivity contribution in [3.05, 3.63) is 17.0 Å². The number of fused-ring (bicyclic) bond motifs is 1. The monoisotopic (exact) mass is 250 g/mol. The van der Waals surface area contributed by atoms with Gasteiger partial charge in [-0.25, -0.2) is 14.8 Å². The van der Waals surface area contributed by atoms with Crippen LogP contribution in [0.2, 0.25) is 0 Å². The lowest BCUT2D eigenvalue weighted by atomic mass is 10.0. The molecule has 6 nitrogen and oxygen atoms in total. The first kappa shape index (κ1) is 12.8. The predicted octanol–water partition coefficient (Wildman–Crippen LogP) is 0.667. The van der Waals surface area contributed by atoms with Gasteiger partial charge in [-0.15, -0.1) is 0 Å². The predicted molar refractivity (Wildman–Crippen MR) is 68.0 cm³/mol. The lowest BCUT2D eigenvalue weighted by Gasteiger charge is -2.23. The van der Waals surface area contributed by atoms with E-state index in [4.69, 9.17) is 0 Å². The second-order valence-electron chi connectivity index (χ2n) is 4.20. The van der Waals surface area contributed by atoms with Crippen molar-refractivity contribution < 1.29 is 9.90 Å². The molecule has 0 atom stereocenters. The van der Waals surface area contributed by atoms with E-state index in [0.717, 1.165) is 30.9 Å². The molecule has 1 aliphatic rings. The summed E-state index contributed by atoms with van der Waals surface area (Å²) >= 11 is 0. The van der Waals surface area contributed by atoms with Gasteiger partial charge in [0.05, 0.1) is 5.69 Å². The summed E-state index contributed by atoms with van der Waals surface area (Å²) in [4.78, 5) is 22.0. The second-order valence-corrected chi connectivity index (χ2v) is 4.20. The van der Waals surface area contributed by atoms with Crippen LogP contribution in [0.3, 0.4) is 0 Å². The molecule has 0 saturated heterocycles. The van der Waals surface area contributed by atoms with Gasteiger partial charge in [0.25, 0.3) is 0 Å². The van der Waals surface area contributed by atoms with Gasteiger partial charge in [0.2, 0.25) is 5.95 Å². The summed E-state index contributed by atoms with van der Waals surface area (Å²) in [5, 5.41) is 12.5. The zero-order chi connectivity index (χ0) is 13.1. The molecule has 1 aliphatic heterocycles. The van der Waals surface area contributed by atoms with Gasteiger partial charge in [0.1, 0.15) is 0 Å². The van der Waals surface area contributed by atoms with E-state index in [1.54, 1.807) is 0 Å². The maximum atomic E-state index is 11.3. The highest BCUT2D eigenvalue weighted by atomic mass is 16.4. The van der Waals surface area contributed by atoms with Crippen molar-refractivity contribution in [2.45, 2.75) is 26.8 Å². The number of anilines is 1. The molecule has 0 fully saturated rings. The second kappa shape index (κ2) is 5.30. The topological polar surface area (TPSA) is 78.4 Å². The summed E-state index contributed by atoms with van der Waals surface area (Å²) in [5.74, 6) is -0.455. The van der Waals surface area contributed by atoms with Crippen molar-refractivity contribution in [2.24, 2.45) is 0 Å². The third-order valence-electron chi connectivity index (χ3n) is 3.17. The molecule has 18 heavy (non-hydrogen) atoms. The number of aromatic nitrogens is 2. The Kier molecular flexibility index (Phi) is 3.76. The molecule has 0 amide bonds. The number of carboxylic acid groups (broad SMARTS) is 1. The Morgan fingerprint density at radius 2 is 2.11 bits per heavy atom. The maximum Gasteiger partial charge on any atom is 0.354 e. The molecule has 0 saturated carbocycles. The molecule has 6 heteroatoms. The Labute approximate surface area is 106 Å². The van der Waals surface area contributed by atoms with Crippen LogP contribution in [-0.2, 0) is 13.0 Å². The summed E-state index contributed by atoms with van der Waals surface area (Å²) < 4.78 is 0. The lowest BCUT2D eigenvalue weighted by molar-refractivity contribution is 0.0688. The van der Waals surface area contributed by atoms with Gasteiger partial charge < -0.3 is 15.3 Å². The molecule has 0 bridgehead atoms. The normalized spacial score (nSPS) is 14.1. The van der Waals surface area contributed by atoms with Crippen LogP contribution in [-0.4, -0.2) is 40.7 Å². The van der Waals surface area contributed by atoms with Crippen molar-refractivity contribution >= 4 is 11.9 Å². The number of nitrogens with one attached hydrogen (secondary N) is 1. The zero-order valence-corrected chi connectivity index (χ0v) is 10.7. The van der Waals surface area contributed by atoms with E-state index < -0.39 is 5.97 Å². The average Bonchev–Trinajstić information content (AvgIpc) is 2.39. The minimum Gasteiger partial charge on any atom is -0.476 e. The quantitative estimate of drug-likeness (QED) is 0.817. The highest BCUT2D eigenvalue weighted by Gasteiger charge is 2.22. The number of nitrogens with zero attached hydrogens (tertiary/aromatic N) is 3. The van der Waals surface area contributed by atoms with Crippen LogP contribution in [0.5, 0.6) is 0 Å². The van der Waals surface area contributed by atoms with Gasteiger partial charge in [-0.05, 0) is 26.8 Å². The van der Waals surface area contributed by atoms with Crippen LogP contribution < -0.4 is 10.2 Å². The van der Waals surface area contributed by atoms with Gasteiger partial charge in [0, 0.05) is 25.2 Å². The van der Waals surface area contributed by atoms with E-state index in [1.165, 1.54) is 0 Å². The molecule has 0 aromatic carbocycles.